The van der Waals surface area contributed by atoms with E-state index in [0.29, 0.717) is 25.0 Å². The van der Waals surface area contributed by atoms with Gasteiger partial charge >= 0.3 is 23.9 Å². The third-order valence-corrected chi connectivity index (χ3v) is 15.1. The van der Waals surface area contributed by atoms with Crippen molar-refractivity contribution < 1.29 is 76.4 Å². The van der Waals surface area contributed by atoms with Gasteiger partial charge in [0.05, 0.1) is 52.4 Å². The molecule has 16 nitrogen and oxygen atoms in total. The highest BCUT2D eigenvalue weighted by atomic mass is 16.8. The van der Waals surface area contributed by atoms with Crippen LogP contribution in [0.15, 0.2) is 11.6 Å². The van der Waals surface area contributed by atoms with Gasteiger partial charge in [0, 0.05) is 68.1 Å². The number of methoxy groups -OCH3 is 4. The Labute approximate surface area is 307 Å². The highest BCUT2D eigenvalue weighted by molar-refractivity contribution is 5.88. The first-order valence-corrected chi connectivity index (χ1v) is 18.3. The zero-order valence-corrected chi connectivity index (χ0v) is 31.6. The summed E-state index contributed by atoms with van der Waals surface area (Å²) in [4.78, 5) is 55.2. The molecule has 0 radical (unpaired) electrons. The minimum atomic E-state index is -2.24. The van der Waals surface area contributed by atoms with Gasteiger partial charge in [-0.1, -0.05) is 13.0 Å². The fourth-order valence-corrected chi connectivity index (χ4v) is 13.0. The van der Waals surface area contributed by atoms with Crippen LogP contribution in [-0.4, -0.2) is 137 Å². The lowest BCUT2D eigenvalue weighted by Gasteiger charge is -2.66. The molecule has 294 valence electrons. The number of ether oxygens (including phenoxy) is 11. The molecule has 0 aromatic carbocycles. The van der Waals surface area contributed by atoms with Crippen molar-refractivity contribution in [2.45, 2.75) is 113 Å². The summed E-state index contributed by atoms with van der Waals surface area (Å²) < 4.78 is 68.6. The zero-order chi connectivity index (χ0) is 38.3. The van der Waals surface area contributed by atoms with Crippen molar-refractivity contribution in [3.63, 3.8) is 0 Å². The van der Waals surface area contributed by atoms with Gasteiger partial charge in [-0.3, -0.25) is 9.59 Å². The van der Waals surface area contributed by atoms with Crippen LogP contribution in [0.5, 0.6) is 0 Å². The second kappa shape index (κ2) is 11.7. The van der Waals surface area contributed by atoms with Crippen molar-refractivity contribution in [3.8, 4) is 0 Å². The number of hydrogen-bond acceptors (Lipinski definition) is 16. The maximum atomic E-state index is 14.4. The Morgan fingerprint density at radius 3 is 2.23 bits per heavy atom. The van der Waals surface area contributed by atoms with E-state index in [1.807, 2.05) is 6.92 Å². The van der Waals surface area contributed by atoms with Crippen molar-refractivity contribution in [1.29, 1.82) is 0 Å². The topological polar surface area (TPSA) is 193 Å². The van der Waals surface area contributed by atoms with Gasteiger partial charge in [-0.2, -0.15) is 0 Å². The van der Waals surface area contributed by atoms with Crippen LogP contribution in [0, 0.1) is 34.0 Å². The second-order valence-corrected chi connectivity index (χ2v) is 16.4. The second-order valence-electron chi connectivity index (χ2n) is 16.4. The molecule has 8 rings (SSSR count). The summed E-state index contributed by atoms with van der Waals surface area (Å²) in [6, 6.07) is 0. The number of carbonyl (C=O) groups is 4. The fraction of sp³-hybridized carbons (Fsp3) is 0.838. The van der Waals surface area contributed by atoms with E-state index in [4.69, 9.17) is 52.1 Å². The lowest BCUT2D eigenvalue weighted by Crippen LogP contribution is -2.79. The van der Waals surface area contributed by atoms with Gasteiger partial charge in [-0.15, -0.1) is 0 Å². The van der Waals surface area contributed by atoms with Crippen LogP contribution in [-0.2, 0) is 71.3 Å². The first kappa shape index (κ1) is 37.2. The molecular weight excluding hydrogens is 700 g/mol. The third-order valence-electron chi connectivity index (χ3n) is 15.1. The quantitative estimate of drug-likeness (QED) is 0.160. The molecule has 5 aliphatic heterocycles. The van der Waals surface area contributed by atoms with Crippen molar-refractivity contribution in [2.75, 3.05) is 48.3 Å². The molecule has 5 heterocycles. The van der Waals surface area contributed by atoms with Gasteiger partial charge in [0.1, 0.15) is 34.4 Å². The van der Waals surface area contributed by atoms with E-state index >= 15 is 0 Å². The van der Waals surface area contributed by atoms with Crippen molar-refractivity contribution >= 4 is 23.9 Å². The van der Waals surface area contributed by atoms with Crippen LogP contribution in [0.3, 0.4) is 0 Å². The number of aliphatic hydroxyl groups is 1. The molecule has 3 saturated carbocycles. The molecule has 8 aliphatic rings. The van der Waals surface area contributed by atoms with Crippen LogP contribution in [0.4, 0.5) is 0 Å². The fourth-order valence-electron chi connectivity index (χ4n) is 13.0. The Morgan fingerprint density at radius 2 is 1.60 bits per heavy atom. The van der Waals surface area contributed by atoms with Gasteiger partial charge in [0.25, 0.3) is 5.79 Å². The lowest BCUT2D eigenvalue weighted by atomic mass is 9.37. The van der Waals surface area contributed by atoms with Crippen LogP contribution < -0.4 is 0 Å². The minimum Gasteiger partial charge on any atom is -0.468 e. The molecule has 0 aromatic rings. The Bertz CT molecular complexity index is 1650. The number of allylic oxidation sites excluding steroid dienone is 1. The normalized spacial score (nSPS) is 52.8. The summed E-state index contributed by atoms with van der Waals surface area (Å²) >= 11 is 0. The molecule has 8 fully saturated rings. The van der Waals surface area contributed by atoms with Gasteiger partial charge < -0.3 is 57.2 Å². The van der Waals surface area contributed by atoms with E-state index in [1.54, 1.807) is 34.0 Å². The maximum Gasteiger partial charge on any atom is 0.366 e. The standard InChI is InChI=1S/C37H50O16/c1-10-17(2)26(40)51-20-14-21(50-18(3)38)34(28(41)43-6)15-48-23-24(34)33(20)16-49-36(46-9,29(42)44-7)27(33)31(4,25(23)39)37-22-13-19(32(37,5)53-37)35(45-8)11-12-47-30(35)52-22/h10,19-25,27,30,39H,11-16H2,1-9H3/b17-10+/t19-,20+,21-,22+,23-,24-,25-,27+,30+,31-,32+,33+,34+,35+,36+,37+/m1/s1. The number of fused-ring (bicyclic) bond motifs is 7. The van der Waals surface area contributed by atoms with Gasteiger partial charge in [-0.25, -0.2) is 9.59 Å². The van der Waals surface area contributed by atoms with E-state index in [1.165, 1.54) is 28.3 Å². The maximum absolute atomic E-state index is 14.4. The van der Waals surface area contributed by atoms with Crippen LogP contribution in [0.25, 0.3) is 0 Å². The smallest absolute Gasteiger partial charge is 0.366 e. The number of aliphatic hydroxyl groups excluding tert-OH is 1. The summed E-state index contributed by atoms with van der Waals surface area (Å²) in [5, 5.41) is 13.2. The van der Waals surface area contributed by atoms with Crippen LogP contribution in [0.2, 0.25) is 0 Å². The molecule has 16 heteroatoms. The molecular formula is C37H50O16. The van der Waals surface area contributed by atoms with Gasteiger partial charge in [-0.05, 0) is 27.2 Å². The lowest BCUT2D eigenvalue weighted by molar-refractivity contribution is -0.321. The largest absolute Gasteiger partial charge is 0.468 e. The Morgan fingerprint density at radius 1 is 0.887 bits per heavy atom. The highest BCUT2D eigenvalue weighted by Gasteiger charge is 2.97. The summed E-state index contributed by atoms with van der Waals surface area (Å²) in [6.45, 7) is 8.04. The average molecular weight is 751 g/mol. The van der Waals surface area contributed by atoms with Crippen LogP contribution >= 0.6 is 0 Å². The Balaban J connectivity index is 1.41. The number of hydrogen-bond donors (Lipinski definition) is 1. The predicted octanol–water partition coefficient (Wildman–Crippen LogP) is 0.982. The summed E-state index contributed by atoms with van der Waals surface area (Å²) in [5.41, 5.74) is -7.78. The Hall–Kier alpha value is -2.70. The summed E-state index contributed by atoms with van der Waals surface area (Å²) in [5.74, 6) is -7.92. The van der Waals surface area contributed by atoms with E-state index in [2.05, 4.69) is 0 Å². The molecule has 53 heavy (non-hydrogen) atoms. The first-order chi connectivity index (χ1) is 25.1. The highest BCUT2D eigenvalue weighted by Crippen LogP contribution is 2.83. The third kappa shape index (κ3) is 3.94. The monoisotopic (exact) mass is 750 g/mol. The zero-order valence-electron chi connectivity index (χ0n) is 31.6. The van der Waals surface area contributed by atoms with Crippen molar-refractivity contribution in [1.82, 2.24) is 0 Å². The van der Waals surface area contributed by atoms with E-state index in [9.17, 15) is 24.3 Å². The minimum absolute atomic E-state index is 0.201. The number of carbonyl (C=O) groups excluding carboxylic acids is 4. The molecule has 2 bridgehead atoms. The molecule has 0 unspecified atom stereocenters. The van der Waals surface area contributed by atoms with Crippen molar-refractivity contribution in [3.05, 3.63) is 11.6 Å². The molecule has 0 amide bonds. The summed E-state index contributed by atoms with van der Waals surface area (Å²) in [7, 11) is 5.33. The first-order valence-electron chi connectivity index (χ1n) is 18.3. The number of esters is 4. The molecule has 0 aromatic heterocycles. The van der Waals surface area contributed by atoms with Gasteiger partial charge in [0.2, 0.25) is 0 Å². The summed E-state index contributed by atoms with van der Waals surface area (Å²) in [6.07, 6.45) is -4.07. The molecule has 5 saturated heterocycles. The van der Waals surface area contributed by atoms with Gasteiger partial charge in [0.15, 0.2) is 6.29 Å². The number of epoxide rings is 1. The Kier molecular flexibility index (Phi) is 8.19. The van der Waals surface area contributed by atoms with Crippen LogP contribution in [0.1, 0.15) is 53.9 Å². The van der Waals surface area contributed by atoms with E-state index in [0.717, 1.165) is 0 Å². The molecule has 16 atom stereocenters. The molecule has 1 spiro atoms. The van der Waals surface area contributed by atoms with Crippen molar-refractivity contribution in [2.24, 2.45) is 34.0 Å². The van der Waals surface area contributed by atoms with E-state index in [-0.39, 0.29) is 25.6 Å². The van der Waals surface area contributed by atoms with E-state index < -0.39 is 111 Å². The molecule has 3 aliphatic carbocycles. The number of rotatable bonds is 8. The predicted molar refractivity (Wildman–Crippen MR) is 174 cm³/mol. The SMILES string of the molecule is C/C=C(\C)C(=O)O[C@H]1C[C@@H](OC(C)=O)[C@@]2(C(=O)OC)CO[C@H]3[C@@H](O)[C@@](C)([C@]45O[C@@]4(C)[C@H]4C[C@@H]5O[C@@H]5OCC[C@@]54OC)[C@@H]4[C@@](OC)(C(=O)OC)OC[C@@]14[C@@H]32. The average Bonchev–Trinajstić information content (AvgIpc) is 3.57. The molecule has 1 N–H and O–H groups in total.